The summed E-state index contributed by atoms with van der Waals surface area (Å²) in [6.45, 7) is 16.7. The molecule has 12 nitrogen and oxygen atoms in total. The Labute approximate surface area is 221 Å². The number of anilines is 2. The van der Waals surface area contributed by atoms with Gasteiger partial charge in [0.2, 0.25) is 0 Å². The maximum atomic E-state index is 5.85. The standard InChI is InChI=1S/C25H47N5O7/c1-3-31-10-11-33-14-15-35-18-19-37-21-20-36-17-16-34-13-12-32-9-8-29-4-6-30(7-5-29)25-22-24(26)27-23(2)28-25/h22H,3-21H2,1-2H3,(H2,26,27,28). The Balaban J connectivity index is 1.27. The predicted molar refractivity (Wildman–Crippen MR) is 141 cm³/mol. The van der Waals surface area contributed by atoms with Crippen LogP contribution in [0, 0.1) is 6.92 Å². The zero-order valence-corrected chi connectivity index (χ0v) is 22.7. The normalized spacial score (nSPS) is 14.5. The van der Waals surface area contributed by atoms with Crippen LogP contribution in [0.4, 0.5) is 11.6 Å². The number of nitrogen functional groups attached to an aromatic ring is 1. The van der Waals surface area contributed by atoms with Gasteiger partial charge in [0.05, 0.1) is 85.9 Å². The van der Waals surface area contributed by atoms with Gasteiger partial charge in [-0.05, 0) is 13.8 Å². The van der Waals surface area contributed by atoms with Gasteiger partial charge in [0.25, 0.3) is 0 Å². The van der Waals surface area contributed by atoms with Crippen molar-refractivity contribution >= 4 is 11.6 Å². The van der Waals surface area contributed by atoms with Crippen LogP contribution in [0.5, 0.6) is 0 Å². The smallest absolute Gasteiger partial charge is 0.134 e. The van der Waals surface area contributed by atoms with Crippen molar-refractivity contribution in [2.24, 2.45) is 0 Å². The van der Waals surface area contributed by atoms with Crippen molar-refractivity contribution in [3.05, 3.63) is 11.9 Å². The van der Waals surface area contributed by atoms with E-state index in [2.05, 4.69) is 19.8 Å². The van der Waals surface area contributed by atoms with Crippen molar-refractivity contribution in [3.8, 4) is 0 Å². The third-order valence-corrected chi connectivity index (χ3v) is 5.53. The molecule has 0 unspecified atom stereocenters. The first kappa shape index (κ1) is 31.6. The molecule has 214 valence electrons. The number of nitrogens with two attached hydrogens (primary N) is 1. The number of piperazine rings is 1. The van der Waals surface area contributed by atoms with Crippen molar-refractivity contribution in [2.45, 2.75) is 13.8 Å². The van der Waals surface area contributed by atoms with Crippen LogP contribution < -0.4 is 10.6 Å². The zero-order chi connectivity index (χ0) is 26.4. The molecule has 1 aromatic rings. The first-order valence-electron chi connectivity index (χ1n) is 13.3. The van der Waals surface area contributed by atoms with Crippen LogP contribution in [0.3, 0.4) is 0 Å². The third-order valence-electron chi connectivity index (χ3n) is 5.53. The van der Waals surface area contributed by atoms with Crippen LogP contribution in [0.15, 0.2) is 6.07 Å². The second kappa shape index (κ2) is 21.3. The maximum Gasteiger partial charge on any atom is 0.134 e. The van der Waals surface area contributed by atoms with Gasteiger partial charge in [-0.2, -0.15) is 0 Å². The molecule has 0 spiro atoms. The summed E-state index contributed by atoms with van der Waals surface area (Å²) in [6, 6.07) is 1.84. The lowest BCUT2D eigenvalue weighted by atomic mass is 10.3. The molecule has 0 amide bonds. The van der Waals surface area contributed by atoms with Gasteiger partial charge in [0.15, 0.2) is 0 Å². The number of hydrogen-bond acceptors (Lipinski definition) is 12. The Hall–Kier alpha value is -1.64. The second-order valence-electron chi connectivity index (χ2n) is 8.40. The summed E-state index contributed by atoms with van der Waals surface area (Å²) in [5.74, 6) is 2.13. The van der Waals surface area contributed by atoms with Crippen LogP contribution in [-0.2, 0) is 33.2 Å². The monoisotopic (exact) mass is 529 g/mol. The number of hydrogen-bond donors (Lipinski definition) is 1. The molecular formula is C25H47N5O7. The summed E-state index contributed by atoms with van der Waals surface area (Å²) in [5, 5.41) is 0. The zero-order valence-electron chi connectivity index (χ0n) is 22.7. The van der Waals surface area contributed by atoms with Crippen LogP contribution in [0.2, 0.25) is 0 Å². The summed E-state index contributed by atoms with van der Waals surface area (Å²) < 4.78 is 38.2. The highest BCUT2D eigenvalue weighted by Gasteiger charge is 2.18. The van der Waals surface area contributed by atoms with Crippen LogP contribution >= 0.6 is 0 Å². The predicted octanol–water partition coefficient (Wildman–Crippen LogP) is 0.625. The number of nitrogens with zero attached hydrogens (tertiary/aromatic N) is 4. The highest BCUT2D eigenvalue weighted by molar-refractivity contribution is 5.47. The number of ether oxygens (including phenoxy) is 7. The van der Waals surface area contributed by atoms with Gasteiger partial charge in [-0.25, -0.2) is 9.97 Å². The van der Waals surface area contributed by atoms with E-state index >= 15 is 0 Å². The van der Waals surface area contributed by atoms with Crippen molar-refractivity contribution in [2.75, 3.05) is 136 Å². The minimum atomic E-state index is 0.519. The molecule has 2 heterocycles. The van der Waals surface area contributed by atoms with Crippen LogP contribution in [-0.4, -0.2) is 140 Å². The van der Waals surface area contributed by atoms with E-state index in [1.165, 1.54) is 0 Å². The van der Waals surface area contributed by atoms with E-state index < -0.39 is 0 Å². The van der Waals surface area contributed by atoms with Gasteiger partial charge < -0.3 is 43.8 Å². The van der Waals surface area contributed by atoms with Gasteiger partial charge in [0.1, 0.15) is 17.5 Å². The fraction of sp³-hybridized carbons (Fsp3) is 0.840. The molecule has 0 atom stereocenters. The van der Waals surface area contributed by atoms with Crippen LogP contribution in [0.25, 0.3) is 0 Å². The van der Waals surface area contributed by atoms with E-state index in [1.54, 1.807) is 0 Å². The second-order valence-corrected chi connectivity index (χ2v) is 8.40. The van der Waals surface area contributed by atoms with Gasteiger partial charge in [-0.3, -0.25) is 4.90 Å². The largest absolute Gasteiger partial charge is 0.384 e. The van der Waals surface area contributed by atoms with Gasteiger partial charge >= 0.3 is 0 Å². The quantitative estimate of drug-likeness (QED) is 0.200. The summed E-state index contributed by atoms with van der Waals surface area (Å²) in [4.78, 5) is 13.3. The molecule has 1 saturated heterocycles. The number of aryl methyl sites for hydroxylation is 1. The van der Waals surface area contributed by atoms with E-state index in [4.69, 9.17) is 38.9 Å². The van der Waals surface area contributed by atoms with E-state index in [9.17, 15) is 0 Å². The summed E-state index contributed by atoms with van der Waals surface area (Å²) in [7, 11) is 0. The maximum absolute atomic E-state index is 5.85. The van der Waals surface area contributed by atoms with Crippen molar-refractivity contribution < 1.29 is 33.2 Å². The third kappa shape index (κ3) is 16.0. The van der Waals surface area contributed by atoms with E-state index in [-0.39, 0.29) is 0 Å². The number of rotatable bonds is 23. The molecule has 1 fully saturated rings. The van der Waals surface area contributed by atoms with Gasteiger partial charge in [0, 0.05) is 45.4 Å². The minimum Gasteiger partial charge on any atom is -0.384 e. The van der Waals surface area contributed by atoms with Crippen LogP contribution in [0.1, 0.15) is 12.7 Å². The van der Waals surface area contributed by atoms with Gasteiger partial charge in [-0.15, -0.1) is 0 Å². The van der Waals surface area contributed by atoms with E-state index in [0.717, 1.165) is 38.5 Å². The fourth-order valence-corrected chi connectivity index (χ4v) is 3.59. The lowest BCUT2D eigenvalue weighted by Crippen LogP contribution is -2.47. The molecule has 1 aliphatic rings. The molecule has 37 heavy (non-hydrogen) atoms. The molecule has 2 N–H and O–H groups in total. The average Bonchev–Trinajstić information content (AvgIpc) is 2.89. The molecule has 0 radical (unpaired) electrons. The lowest BCUT2D eigenvalue weighted by molar-refractivity contribution is -0.0207. The summed E-state index contributed by atoms with van der Waals surface area (Å²) in [5.41, 5.74) is 5.85. The minimum absolute atomic E-state index is 0.519. The highest BCUT2D eigenvalue weighted by Crippen LogP contribution is 2.16. The average molecular weight is 530 g/mol. The summed E-state index contributed by atoms with van der Waals surface area (Å²) >= 11 is 0. The van der Waals surface area contributed by atoms with Crippen molar-refractivity contribution in [1.29, 1.82) is 0 Å². The molecular weight excluding hydrogens is 482 g/mol. The molecule has 0 bridgehead atoms. The Bertz CT molecular complexity index is 661. The molecule has 1 aromatic heterocycles. The fourth-order valence-electron chi connectivity index (χ4n) is 3.59. The van der Waals surface area contributed by atoms with Crippen molar-refractivity contribution in [1.82, 2.24) is 14.9 Å². The Morgan fingerprint density at radius 3 is 1.51 bits per heavy atom. The Morgan fingerprint density at radius 2 is 1.08 bits per heavy atom. The SMILES string of the molecule is CCOCCOCCOCCOCCOCCOCCOCCN1CCN(c2cc(N)nc(C)n2)CC1. The molecule has 1 aliphatic heterocycles. The Morgan fingerprint density at radius 1 is 0.649 bits per heavy atom. The van der Waals surface area contributed by atoms with E-state index in [1.807, 2.05) is 19.9 Å². The number of aromatic nitrogens is 2. The molecule has 0 saturated carbocycles. The lowest BCUT2D eigenvalue weighted by Gasteiger charge is -2.35. The Kier molecular flexibility index (Phi) is 18.2. The van der Waals surface area contributed by atoms with Gasteiger partial charge in [-0.1, -0.05) is 0 Å². The molecule has 0 aliphatic carbocycles. The molecule has 0 aromatic carbocycles. The first-order chi connectivity index (χ1) is 18.2. The highest BCUT2D eigenvalue weighted by atomic mass is 16.6. The molecule has 2 rings (SSSR count). The van der Waals surface area contributed by atoms with Crippen molar-refractivity contribution in [3.63, 3.8) is 0 Å². The molecule has 12 heteroatoms. The topological polar surface area (TPSA) is 123 Å². The van der Waals surface area contributed by atoms with E-state index in [0.29, 0.717) is 104 Å². The first-order valence-corrected chi connectivity index (χ1v) is 13.3. The summed E-state index contributed by atoms with van der Waals surface area (Å²) in [6.07, 6.45) is 0.